The smallest absolute Gasteiger partial charge is 0.326 e. The first-order chi connectivity index (χ1) is 14.0. The van der Waals surface area contributed by atoms with Crippen molar-refractivity contribution in [2.24, 2.45) is 0 Å². The molecule has 2 aromatic carbocycles. The topological polar surface area (TPSA) is 78.6 Å². The Kier molecular flexibility index (Phi) is 6.67. The zero-order valence-corrected chi connectivity index (χ0v) is 16.8. The quantitative estimate of drug-likeness (QED) is 0.406. The molecule has 150 valence electrons. The molecule has 0 atom stereocenters. The summed E-state index contributed by atoms with van der Waals surface area (Å²) in [7, 11) is 0. The van der Waals surface area contributed by atoms with Crippen LogP contribution in [0.5, 0.6) is 0 Å². The highest BCUT2D eigenvalue weighted by atomic mass is 35.5. The molecule has 7 heteroatoms. The van der Waals surface area contributed by atoms with E-state index < -0.39 is 17.9 Å². The molecule has 0 bridgehead atoms. The van der Waals surface area contributed by atoms with Gasteiger partial charge in [0, 0.05) is 16.1 Å². The van der Waals surface area contributed by atoms with Crippen LogP contribution in [0.15, 0.2) is 59.0 Å². The van der Waals surface area contributed by atoms with E-state index in [-0.39, 0.29) is 30.6 Å². The van der Waals surface area contributed by atoms with Gasteiger partial charge < -0.3 is 13.9 Å². The molecule has 6 nitrogen and oxygen atoms in total. The number of ether oxygens (including phenoxy) is 2. The van der Waals surface area contributed by atoms with Gasteiger partial charge in [-0.2, -0.15) is 0 Å². The summed E-state index contributed by atoms with van der Waals surface area (Å²) in [4.78, 5) is 29.7. The van der Waals surface area contributed by atoms with E-state index in [1.54, 1.807) is 38.1 Å². The van der Waals surface area contributed by atoms with Crippen molar-refractivity contribution in [1.82, 2.24) is 4.98 Å². The summed E-state index contributed by atoms with van der Waals surface area (Å²) in [5, 5.41) is 0.547. The van der Waals surface area contributed by atoms with E-state index in [4.69, 9.17) is 25.5 Å². The van der Waals surface area contributed by atoms with Crippen LogP contribution in [0.25, 0.3) is 22.8 Å². The second-order valence-corrected chi connectivity index (χ2v) is 6.48. The lowest BCUT2D eigenvalue weighted by Gasteiger charge is -2.13. The van der Waals surface area contributed by atoms with E-state index in [1.165, 1.54) is 0 Å². The third kappa shape index (κ3) is 4.66. The molecule has 0 unspecified atom stereocenters. The van der Waals surface area contributed by atoms with E-state index in [0.717, 1.165) is 0 Å². The van der Waals surface area contributed by atoms with Crippen LogP contribution >= 0.6 is 11.6 Å². The fraction of sp³-hybridized carbons (Fsp3) is 0.227. The SMILES string of the molecule is CCOC(=O)C(C(=O)OCC)c1nc(-c2ccccc2)oc1-c1ccc(Cl)cc1. The van der Waals surface area contributed by atoms with Crippen LogP contribution in [0.4, 0.5) is 0 Å². The van der Waals surface area contributed by atoms with Gasteiger partial charge >= 0.3 is 11.9 Å². The standard InChI is InChI=1S/C22H20ClNO5/c1-3-27-21(25)17(22(26)28-4-2)18-19(14-10-12-16(23)13-11-14)29-20(24-18)15-8-6-5-7-9-15/h5-13,17H,3-4H2,1-2H3. The Bertz CT molecular complexity index is 964. The molecule has 0 radical (unpaired) electrons. The zero-order chi connectivity index (χ0) is 20.8. The first kappa shape index (κ1) is 20.6. The summed E-state index contributed by atoms with van der Waals surface area (Å²) < 4.78 is 16.2. The fourth-order valence-corrected chi connectivity index (χ4v) is 2.94. The number of carbonyl (C=O) groups is 2. The predicted molar refractivity (Wildman–Crippen MR) is 108 cm³/mol. The second-order valence-electron chi connectivity index (χ2n) is 6.04. The molecule has 0 aliphatic heterocycles. The Labute approximate surface area is 173 Å². The minimum absolute atomic E-state index is 0.119. The van der Waals surface area contributed by atoms with Crippen LogP contribution in [0.2, 0.25) is 5.02 Å². The minimum atomic E-state index is -1.36. The van der Waals surface area contributed by atoms with Gasteiger partial charge in [0.15, 0.2) is 11.7 Å². The van der Waals surface area contributed by atoms with Crippen molar-refractivity contribution >= 4 is 23.5 Å². The number of rotatable bonds is 7. The van der Waals surface area contributed by atoms with E-state index >= 15 is 0 Å². The Morgan fingerprint density at radius 2 is 1.52 bits per heavy atom. The van der Waals surface area contributed by atoms with Crippen molar-refractivity contribution < 1.29 is 23.5 Å². The summed E-state index contributed by atoms with van der Waals surface area (Å²) in [6.07, 6.45) is 0. The normalized spacial score (nSPS) is 10.8. The molecule has 3 aromatic rings. The van der Waals surface area contributed by atoms with Crippen LogP contribution < -0.4 is 0 Å². The van der Waals surface area contributed by atoms with Crippen LogP contribution in [0, 0.1) is 0 Å². The number of aromatic nitrogens is 1. The maximum Gasteiger partial charge on any atom is 0.326 e. The van der Waals surface area contributed by atoms with Crippen molar-refractivity contribution in [2.75, 3.05) is 13.2 Å². The average molecular weight is 414 g/mol. The number of carbonyl (C=O) groups excluding carboxylic acids is 2. The summed E-state index contributed by atoms with van der Waals surface area (Å²) in [6.45, 7) is 3.57. The largest absolute Gasteiger partial charge is 0.465 e. The van der Waals surface area contributed by atoms with Crippen LogP contribution in [0.1, 0.15) is 25.5 Å². The molecular weight excluding hydrogens is 394 g/mol. The Hall–Kier alpha value is -3.12. The third-order valence-corrected chi connectivity index (χ3v) is 4.35. The number of esters is 2. The van der Waals surface area contributed by atoms with Gasteiger partial charge in [-0.15, -0.1) is 0 Å². The van der Waals surface area contributed by atoms with Crippen LogP contribution in [-0.4, -0.2) is 30.1 Å². The van der Waals surface area contributed by atoms with Gasteiger partial charge in [0.05, 0.1) is 13.2 Å². The van der Waals surface area contributed by atoms with E-state index in [0.29, 0.717) is 16.1 Å². The summed E-state index contributed by atoms with van der Waals surface area (Å²) >= 11 is 5.99. The summed E-state index contributed by atoms with van der Waals surface area (Å²) in [6, 6.07) is 16.0. The Morgan fingerprint density at radius 1 is 0.931 bits per heavy atom. The van der Waals surface area contributed by atoms with Crippen molar-refractivity contribution in [3.8, 4) is 22.8 Å². The second kappa shape index (κ2) is 9.39. The maximum atomic E-state index is 12.6. The predicted octanol–water partition coefficient (Wildman–Crippen LogP) is 4.87. The lowest BCUT2D eigenvalue weighted by Crippen LogP contribution is -2.27. The molecular formula is C22H20ClNO5. The summed E-state index contributed by atoms with van der Waals surface area (Å²) in [5.41, 5.74) is 1.47. The monoisotopic (exact) mass is 413 g/mol. The van der Waals surface area contributed by atoms with Crippen molar-refractivity contribution in [3.05, 3.63) is 65.3 Å². The van der Waals surface area contributed by atoms with E-state index in [1.807, 2.05) is 30.3 Å². The third-order valence-electron chi connectivity index (χ3n) is 4.10. The molecule has 1 aromatic heterocycles. The highest BCUT2D eigenvalue weighted by Gasteiger charge is 2.37. The zero-order valence-electron chi connectivity index (χ0n) is 16.1. The molecule has 3 rings (SSSR count). The highest BCUT2D eigenvalue weighted by molar-refractivity contribution is 6.30. The molecule has 0 saturated heterocycles. The van der Waals surface area contributed by atoms with Crippen LogP contribution in [-0.2, 0) is 19.1 Å². The molecule has 0 N–H and O–H groups in total. The van der Waals surface area contributed by atoms with E-state index in [2.05, 4.69) is 4.98 Å². The molecule has 0 fully saturated rings. The molecule has 0 saturated carbocycles. The number of nitrogens with zero attached hydrogens (tertiary/aromatic N) is 1. The summed E-state index contributed by atoms with van der Waals surface area (Å²) in [5.74, 6) is -2.28. The van der Waals surface area contributed by atoms with Gasteiger partial charge in [-0.3, -0.25) is 9.59 Å². The molecule has 0 aliphatic carbocycles. The van der Waals surface area contributed by atoms with Gasteiger partial charge in [-0.25, -0.2) is 4.98 Å². The molecule has 29 heavy (non-hydrogen) atoms. The van der Waals surface area contributed by atoms with Crippen molar-refractivity contribution in [1.29, 1.82) is 0 Å². The minimum Gasteiger partial charge on any atom is -0.465 e. The van der Waals surface area contributed by atoms with Gasteiger partial charge in [-0.1, -0.05) is 29.8 Å². The first-order valence-electron chi connectivity index (χ1n) is 9.20. The van der Waals surface area contributed by atoms with Gasteiger partial charge in [0.1, 0.15) is 5.69 Å². The maximum absolute atomic E-state index is 12.6. The van der Waals surface area contributed by atoms with Crippen molar-refractivity contribution in [2.45, 2.75) is 19.8 Å². The molecule has 1 heterocycles. The fourth-order valence-electron chi connectivity index (χ4n) is 2.81. The van der Waals surface area contributed by atoms with Gasteiger partial charge in [-0.05, 0) is 50.2 Å². The van der Waals surface area contributed by atoms with Crippen molar-refractivity contribution in [3.63, 3.8) is 0 Å². The lowest BCUT2D eigenvalue weighted by molar-refractivity contribution is -0.157. The number of halogens is 1. The number of hydrogen-bond donors (Lipinski definition) is 0. The number of benzene rings is 2. The van der Waals surface area contributed by atoms with Gasteiger partial charge in [0.2, 0.25) is 5.89 Å². The van der Waals surface area contributed by atoms with Crippen LogP contribution in [0.3, 0.4) is 0 Å². The molecule has 0 aliphatic rings. The lowest BCUT2D eigenvalue weighted by atomic mass is 10.0. The Balaban J connectivity index is 2.17. The number of oxazole rings is 1. The highest BCUT2D eigenvalue weighted by Crippen LogP contribution is 2.35. The average Bonchev–Trinajstić information content (AvgIpc) is 3.14. The molecule has 0 spiro atoms. The van der Waals surface area contributed by atoms with E-state index in [9.17, 15) is 9.59 Å². The molecule has 0 amide bonds. The van der Waals surface area contributed by atoms with Gasteiger partial charge in [0.25, 0.3) is 0 Å². The first-order valence-corrected chi connectivity index (χ1v) is 9.58. The number of hydrogen-bond acceptors (Lipinski definition) is 6. The Morgan fingerprint density at radius 3 is 2.07 bits per heavy atom.